The van der Waals surface area contributed by atoms with Crippen LogP contribution in [-0.2, 0) is 11.2 Å². The van der Waals surface area contributed by atoms with Crippen molar-refractivity contribution >= 4 is 17.5 Å². The molecule has 2 heterocycles. The molecule has 0 atom stereocenters. The Kier molecular flexibility index (Phi) is 5.56. The Morgan fingerprint density at radius 2 is 2.00 bits per heavy atom. The fourth-order valence-electron chi connectivity index (χ4n) is 2.34. The van der Waals surface area contributed by atoms with E-state index in [2.05, 4.69) is 15.6 Å². The molecule has 7 heteroatoms. The molecule has 0 unspecified atom stereocenters. The summed E-state index contributed by atoms with van der Waals surface area (Å²) in [5, 5.41) is 5.45. The molecule has 0 fully saturated rings. The Morgan fingerprint density at radius 3 is 2.65 bits per heavy atom. The summed E-state index contributed by atoms with van der Waals surface area (Å²) >= 11 is 0. The van der Waals surface area contributed by atoms with Gasteiger partial charge in [0.05, 0.1) is 12.3 Å². The zero-order valence-electron chi connectivity index (χ0n) is 13.7. The van der Waals surface area contributed by atoms with Gasteiger partial charge in [-0.2, -0.15) is 0 Å². The van der Waals surface area contributed by atoms with Crippen LogP contribution >= 0.6 is 0 Å². The van der Waals surface area contributed by atoms with E-state index in [1.54, 1.807) is 10.6 Å². The maximum absolute atomic E-state index is 12.5. The molecule has 0 saturated carbocycles. The van der Waals surface area contributed by atoms with Crippen molar-refractivity contribution in [2.24, 2.45) is 0 Å². The highest BCUT2D eigenvalue weighted by Gasteiger charge is 2.19. The molecule has 2 aromatic heterocycles. The summed E-state index contributed by atoms with van der Waals surface area (Å²) in [6.45, 7) is 6.59. The predicted octanol–water partition coefficient (Wildman–Crippen LogP) is 1.16. The average molecular weight is 318 g/mol. The van der Waals surface area contributed by atoms with Crippen molar-refractivity contribution in [3.63, 3.8) is 0 Å². The Balaban J connectivity index is 2.26. The lowest BCUT2D eigenvalue weighted by molar-refractivity contribution is -0.118. The number of aryl methyl sites for hydroxylation is 1. The fourth-order valence-corrected chi connectivity index (χ4v) is 2.34. The van der Waals surface area contributed by atoms with E-state index in [0.29, 0.717) is 48.9 Å². The third kappa shape index (κ3) is 3.80. The first-order chi connectivity index (χ1) is 11.1. The maximum atomic E-state index is 12.5. The van der Waals surface area contributed by atoms with Crippen molar-refractivity contribution < 1.29 is 14.3 Å². The standard InChI is InChI=1S/C16H22N4O3/c1-4-12-14(16(22)18-9-8-17-11(3)21)20-10-6-7-13(23-5-2)15(20)19-12/h6-7,10H,4-5,8-9H2,1-3H3,(H,17,21)(H,18,22). The van der Waals surface area contributed by atoms with Gasteiger partial charge in [0.25, 0.3) is 5.91 Å². The third-order valence-electron chi connectivity index (χ3n) is 3.32. The summed E-state index contributed by atoms with van der Waals surface area (Å²) in [5.41, 5.74) is 1.86. The summed E-state index contributed by atoms with van der Waals surface area (Å²) in [6.07, 6.45) is 2.44. The normalized spacial score (nSPS) is 10.6. The van der Waals surface area contributed by atoms with Gasteiger partial charge in [0.2, 0.25) is 5.91 Å². The van der Waals surface area contributed by atoms with Crippen LogP contribution in [0, 0.1) is 0 Å². The largest absolute Gasteiger partial charge is 0.490 e. The number of nitrogens with zero attached hydrogens (tertiary/aromatic N) is 2. The topological polar surface area (TPSA) is 84.7 Å². The molecular weight excluding hydrogens is 296 g/mol. The Labute approximate surface area is 135 Å². The van der Waals surface area contributed by atoms with E-state index in [9.17, 15) is 9.59 Å². The van der Waals surface area contributed by atoms with Gasteiger partial charge in [0.15, 0.2) is 11.4 Å². The Morgan fingerprint density at radius 1 is 1.26 bits per heavy atom. The van der Waals surface area contributed by atoms with Crippen molar-refractivity contribution in [3.05, 3.63) is 29.7 Å². The maximum Gasteiger partial charge on any atom is 0.270 e. The number of nitrogens with one attached hydrogen (secondary N) is 2. The molecule has 0 aliphatic heterocycles. The van der Waals surface area contributed by atoms with Crippen LogP contribution in [0.1, 0.15) is 37.0 Å². The van der Waals surface area contributed by atoms with E-state index in [0.717, 1.165) is 0 Å². The zero-order valence-corrected chi connectivity index (χ0v) is 13.7. The molecule has 0 spiro atoms. The molecule has 124 valence electrons. The molecule has 0 aliphatic rings. The summed E-state index contributed by atoms with van der Waals surface area (Å²) < 4.78 is 7.32. The quantitative estimate of drug-likeness (QED) is 0.750. The smallest absolute Gasteiger partial charge is 0.270 e. The summed E-state index contributed by atoms with van der Waals surface area (Å²) in [4.78, 5) is 27.9. The highest BCUT2D eigenvalue weighted by Crippen LogP contribution is 2.22. The second kappa shape index (κ2) is 7.62. The van der Waals surface area contributed by atoms with Crippen molar-refractivity contribution in [1.29, 1.82) is 0 Å². The lowest BCUT2D eigenvalue weighted by atomic mass is 10.2. The summed E-state index contributed by atoms with van der Waals surface area (Å²) in [5.74, 6) is 0.319. The number of rotatable bonds is 7. The molecule has 0 aliphatic carbocycles. The number of imidazole rings is 1. The van der Waals surface area contributed by atoms with Crippen LogP contribution < -0.4 is 15.4 Å². The van der Waals surface area contributed by atoms with Gasteiger partial charge >= 0.3 is 0 Å². The minimum absolute atomic E-state index is 0.121. The summed E-state index contributed by atoms with van der Waals surface area (Å²) in [6, 6.07) is 3.66. The first-order valence-electron chi connectivity index (χ1n) is 7.73. The molecule has 2 aromatic rings. The minimum atomic E-state index is -0.214. The number of pyridine rings is 1. The van der Waals surface area contributed by atoms with Gasteiger partial charge in [0.1, 0.15) is 5.69 Å². The van der Waals surface area contributed by atoms with Crippen LogP contribution in [0.25, 0.3) is 5.65 Å². The van der Waals surface area contributed by atoms with E-state index < -0.39 is 0 Å². The SMILES string of the molecule is CCOc1cccn2c(C(=O)NCCNC(C)=O)c(CC)nc12. The molecule has 0 bridgehead atoms. The highest BCUT2D eigenvalue weighted by molar-refractivity contribution is 5.95. The number of hydrogen-bond donors (Lipinski definition) is 2. The highest BCUT2D eigenvalue weighted by atomic mass is 16.5. The number of carbonyl (C=O) groups is 2. The minimum Gasteiger partial charge on any atom is -0.490 e. The van der Waals surface area contributed by atoms with Crippen molar-refractivity contribution in [3.8, 4) is 5.75 Å². The molecular formula is C16H22N4O3. The monoisotopic (exact) mass is 318 g/mol. The molecule has 0 radical (unpaired) electrons. The number of carbonyl (C=O) groups excluding carboxylic acids is 2. The first-order valence-corrected chi connectivity index (χ1v) is 7.73. The van der Waals surface area contributed by atoms with Gasteiger partial charge in [0, 0.05) is 26.2 Å². The number of aromatic nitrogens is 2. The van der Waals surface area contributed by atoms with Crippen LogP contribution in [-0.4, -0.2) is 40.9 Å². The number of hydrogen-bond acceptors (Lipinski definition) is 4. The molecule has 23 heavy (non-hydrogen) atoms. The van der Waals surface area contributed by atoms with Crippen LogP contribution in [0.15, 0.2) is 18.3 Å². The van der Waals surface area contributed by atoms with Gasteiger partial charge in [-0.3, -0.25) is 14.0 Å². The van der Waals surface area contributed by atoms with E-state index in [1.807, 2.05) is 26.0 Å². The second-order valence-corrected chi connectivity index (χ2v) is 5.00. The Hall–Kier alpha value is -2.57. The predicted molar refractivity (Wildman–Crippen MR) is 86.8 cm³/mol. The number of amides is 2. The van der Waals surface area contributed by atoms with E-state index in [4.69, 9.17) is 4.74 Å². The molecule has 0 saturated heterocycles. The number of fused-ring (bicyclic) bond motifs is 1. The molecule has 2 rings (SSSR count). The van der Waals surface area contributed by atoms with Gasteiger partial charge in [-0.1, -0.05) is 6.92 Å². The van der Waals surface area contributed by atoms with Gasteiger partial charge in [-0.05, 0) is 25.5 Å². The van der Waals surface area contributed by atoms with E-state index in [-0.39, 0.29) is 11.8 Å². The lowest BCUT2D eigenvalue weighted by Crippen LogP contribution is -2.34. The Bertz CT molecular complexity index is 709. The molecule has 2 amide bonds. The van der Waals surface area contributed by atoms with Crippen molar-refractivity contribution in [2.45, 2.75) is 27.2 Å². The fraction of sp³-hybridized carbons (Fsp3) is 0.438. The molecule has 0 aromatic carbocycles. The van der Waals surface area contributed by atoms with Crippen LogP contribution in [0.3, 0.4) is 0 Å². The van der Waals surface area contributed by atoms with E-state index >= 15 is 0 Å². The van der Waals surface area contributed by atoms with Crippen LogP contribution in [0.4, 0.5) is 0 Å². The number of ether oxygens (including phenoxy) is 1. The molecule has 7 nitrogen and oxygen atoms in total. The lowest BCUT2D eigenvalue weighted by Gasteiger charge is -2.08. The zero-order chi connectivity index (χ0) is 16.8. The van der Waals surface area contributed by atoms with E-state index in [1.165, 1.54) is 6.92 Å². The summed E-state index contributed by atoms with van der Waals surface area (Å²) in [7, 11) is 0. The van der Waals surface area contributed by atoms with Crippen molar-refractivity contribution in [1.82, 2.24) is 20.0 Å². The molecule has 2 N–H and O–H groups in total. The third-order valence-corrected chi connectivity index (χ3v) is 3.32. The van der Waals surface area contributed by atoms with Crippen LogP contribution in [0.2, 0.25) is 0 Å². The average Bonchev–Trinajstić information content (AvgIpc) is 2.91. The van der Waals surface area contributed by atoms with Crippen molar-refractivity contribution in [2.75, 3.05) is 19.7 Å². The van der Waals surface area contributed by atoms with Gasteiger partial charge in [-0.25, -0.2) is 4.98 Å². The second-order valence-electron chi connectivity index (χ2n) is 5.00. The van der Waals surface area contributed by atoms with Crippen LogP contribution in [0.5, 0.6) is 5.75 Å². The first kappa shape index (κ1) is 16.8. The van der Waals surface area contributed by atoms with Gasteiger partial charge in [-0.15, -0.1) is 0 Å². The van der Waals surface area contributed by atoms with Gasteiger partial charge < -0.3 is 15.4 Å².